The lowest BCUT2D eigenvalue weighted by atomic mass is 10.1. The summed E-state index contributed by atoms with van der Waals surface area (Å²) in [7, 11) is 0. The number of carbonyl (C=O) groups excluding carboxylic acids is 1. The molecule has 21 heavy (non-hydrogen) atoms. The van der Waals surface area contributed by atoms with Crippen molar-refractivity contribution in [2.75, 3.05) is 12.3 Å². The van der Waals surface area contributed by atoms with Crippen LogP contribution in [0.15, 0.2) is 23.1 Å². The molecule has 1 aromatic carbocycles. The molecule has 0 bridgehead atoms. The first-order valence-electron chi connectivity index (χ1n) is 7.34. The molecule has 0 saturated carbocycles. The molecule has 0 radical (unpaired) electrons. The van der Waals surface area contributed by atoms with Crippen LogP contribution < -0.4 is 5.32 Å². The Bertz CT molecular complexity index is 530. The minimum absolute atomic E-state index is 0.111. The Kier molecular flexibility index (Phi) is 5.67. The van der Waals surface area contributed by atoms with Crippen molar-refractivity contribution in [3.05, 3.63) is 29.3 Å². The molecule has 114 valence electrons. The summed E-state index contributed by atoms with van der Waals surface area (Å²) in [4.78, 5) is 23.7. The van der Waals surface area contributed by atoms with Crippen molar-refractivity contribution >= 4 is 23.6 Å². The van der Waals surface area contributed by atoms with Crippen molar-refractivity contribution < 1.29 is 14.7 Å². The van der Waals surface area contributed by atoms with Crippen LogP contribution in [0.2, 0.25) is 0 Å². The van der Waals surface area contributed by atoms with Crippen LogP contribution in [0.4, 0.5) is 0 Å². The molecule has 1 atom stereocenters. The highest BCUT2D eigenvalue weighted by molar-refractivity contribution is 8.00. The summed E-state index contributed by atoms with van der Waals surface area (Å²) in [5.74, 6) is -1.14. The molecule has 0 fully saturated rings. The lowest BCUT2D eigenvalue weighted by molar-refractivity contribution is -0.141. The maximum Gasteiger partial charge on any atom is 0.308 e. The van der Waals surface area contributed by atoms with Crippen molar-refractivity contribution in [3.8, 4) is 0 Å². The van der Waals surface area contributed by atoms with E-state index >= 15 is 0 Å². The number of thioether (sulfide) groups is 1. The maximum atomic E-state index is 11.8. The predicted octanol–water partition coefficient (Wildman–Crippen LogP) is 2.49. The molecule has 4 nitrogen and oxygen atoms in total. The largest absolute Gasteiger partial charge is 0.481 e. The van der Waals surface area contributed by atoms with Crippen LogP contribution in [0.5, 0.6) is 0 Å². The van der Waals surface area contributed by atoms with Crippen molar-refractivity contribution in [3.63, 3.8) is 0 Å². The van der Waals surface area contributed by atoms with Crippen LogP contribution >= 0.6 is 11.8 Å². The van der Waals surface area contributed by atoms with Gasteiger partial charge in [-0.25, -0.2) is 0 Å². The third-order valence-electron chi connectivity index (χ3n) is 3.83. The van der Waals surface area contributed by atoms with Crippen molar-refractivity contribution in [1.82, 2.24) is 5.32 Å². The number of carboxylic acid groups (broad SMARTS) is 1. The average Bonchev–Trinajstić information content (AvgIpc) is 2.92. The van der Waals surface area contributed by atoms with Crippen molar-refractivity contribution in [2.45, 2.75) is 37.5 Å². The van der Waals surface area contributed by atoms with Gasteiger partial charge in [0.25, 0.3) is 0 Å². The van der Waals surface area contributed by atoms with Gasteiger partial charge in [0.05, 0.1) is 11.7 Å². The molecule has 1 aromatic rings. The molecule has 5 heteroatoms. The number of hydrogen-bond donors (Lipinski definition) is 2. The first-order valence-corrected chi connectivity index (χ1v) is 8.32. The zero-order valence-corrected chi connectivity index (χ0v) is 13.0. The second-order valence-electron chi connectivity index (χ2n) is 5.32. The number of fused-ring (bicyclic) bond motifs is 1. The summed E-state index contributed by atoms with van der Waals surface area (Å²) in [5.41, 5.74) is 2.83. The summed E-state index contributed by atoms with van der Waals surface area (Å²) >= 11 is 1.50. The lowest BCUT2D eigenvalue weighted by Gasteiger charge is -2.11. The predicted molar refractivity (Wildman–Crippen MR) is 83.6 cm³/mol. The molecule has 0 aromatic heterocycles. The van der Waals surface area contributed by atoms with E-state index in [4.69, 9.17) is 5.11 Å². The highest BCUT2D eigenvalue weighted by Gasteiger charge is 2.16. The van der Waals surface area contributed by atoms with E-state index in [1.165, 1.54) is 29.3 Å². The topological polar surface area (TPSA) is 66.4 Å². The fourth-order valence-corrected chi connectivity index (χ4v) is 3.27. The maximum absolute atomic E-state index is 11.8. The first kappa shape index (κ1) is 15.9. The van der Waals surface area contributed by atoms with E-state index in [2.05, 4.69) is 23.5 Å². The van der Waals surface area contributed by atoms with Crippen LogP contribution in [0.1, 0.15) is 30.9 Å². The number of carboxylic acids is 1. The van der Waals surface area contributed by atoms with Gasteiger partial charge in [-0.05, 0) is 48.9 Å². The number of amides is 1. The molecule has 0 saturated heterocycles. The first-order chi connectivity index (χ1) is 10.1. The number of carbonyl (C=O) groups is 2. The molecule has 1 amide bonds. The fourth-order valence-electron chi connectivity index (χ4n) is 2.48. The molecule has 2 N–H and O–H groups in total. The number of rotatable bonds is 7. The highest BCUT2D eigenvalue weighted by atomic mass is 32.2. The Morgan fingerprint density at radius 1 is 1.33 bits per heavy atom. The second-order valence-corrected chi connectivity index (χ2v) is 6.37. The minimum Gasteiger partial charge on any atom is -0.481 e. The van der Waals surface area contributed by atoms with E-state index in [0.717, 1.165) is 17.7 Å². The van der Waals surface area contributed by atoms with Crippen LogP contribution in [-0.2, 0) is 22.4 Å². The molecule has 0 aliphatic heterocycles. The molecule has 2 rings (SSSR count). The molecule has 0 spiro atoms. The average molecular weight is 307 g/mol. The number of aliphatic carboxylic acids is 1. The van der Waals surface area contributed by atoms with E-state index in [0.29, 0.717) is 12.2 Å². The Morgan fingerprint density at radius 3 is 2.81 bits per heavy atom. The Labute approximate surface area is 129 Å². The number of aryl methyl sites for hydroxylation is 2. The third-order valence-corrected chi connectivity index (χ3v) is 4.82. The van der Waals surface area contributed by atoms with Gasteiger partial charge in [-0.15, -0.1) is 11.8 Å². The standard InChI is InChI=1S/C16H21NO3S/c1-2-11(16(19)20)9-17-15(18)10-21-14-7-6-12-4-3-5-13(12)8-14/h6-8,11H,2-5,9-10H2,1H3,(H,17,18)(H,19,20). The van der Waals surface area contributed by atoms with Gasteiger partial charge in [0.2, 0.25) is 5.91 Å². The molecule has 1 aliphatic rings. The van der Waals surface area contributed by atoms with Crippen molar-refractivity contribution in [1.29, 1.82) is 0 Å². The van der Waals surface area contributed by atoms with E-state index < -0.39 is 11.9 Å². The third kappa shape index (κ3) is 4.49. The fraction of sp³-hybridized carbons (Fsp3) is 0.500. The number of benzene rings is 1. The van der Waals surface area contributed by atoms with E-state index in [-0.39, 0.29) is 12.5 Å². The SMILES string of the molecule is CCC(CNC(=O)CSc1ccc2c(c1)CCC2)C(=O)O. The van der Waals surface area contributed by atoms with Gasteiger partial charge < -0.3 is 10.4 Å². The van der Waals surface area contributed by atoms with E-state index in [1.807, 2.05) is 6.92 Å². The van der Waals surface area contributed by atoms with Gasteiger partial charge >= 0.3 is 5.97 Å². The van der Waals surface area contributed by atoms with Gasteiger partial charge in [-0.3, -0.25) is 9.59 Å². The molecule has 1 unspecified atom stereocenters. The summed E-state index contributed by atoms with van der Waals surface area (Å²) < 4.78 is 0. The Morgan fingerprint density at radius 2 is 2.10 bits per heavy atom. The van der Waals surface area contributed by atoms with Crippen LogP contribution in [-0.4, -0.2) is 29.3 Å². The molecule has 1 aliphatic carbocycles. The van der Waals surface area contributed by atoms with Crippen molar-refractivity contribution in [2.24, 2.45) is 5.92 Å². The number of nitrogens with one attached hydrogen (secondary N) is 1. The number of hydrogen-bond acceptors (Lipinski definition) is 3. The molecule has 0 heterocycles. The second kappa shape index (κ2) is 7.50. The minimum atomic E-state index is -0.857. The zero-order valence-electron chi connectivity index (χ0n) is 12.2. The van der Waals surface area contributed by atoms with Crippen LogP contribution in [0.3, 0.4) is 0 Å². The van der Waals surface area contributed by atoms with E-state index in [9.17, 15) is 9.59 Å². The molecular weight excluding hydrogens is 286 g/mol. The van der Waals surface area contributed by atoms with Gasteiger partial charge in [0.15, 0.2) is 0 Å². The summed E-state index contributed by atoms with van der Waals surface area (Å²) in [6.07, 6.45) is 4.03. The van der Waals surface area contributed by atoms with Crippen LogP contribution in [0.25, 0.3) is 0 Å². The normalized spacial score (nSPS) is 14.5. The van der Waals surface area contributed by atoms with E-state index in [1.54, 1.807) is 0 Å². The summed E-state index contributed by atoms with van der Waals surface area (Å²) in [6, 6.07) is 6.39. The summed E-state index contributed by atoms with van der Waals surface area (Å²) in [5, 5.41) is 11.6. The lowest BCUT2D eigenvalue weighted by Crippen LogP contribution is -2.33. The van der Waals surface area contributed by atoms with Gasteiger partial charge in [-0.2, -0.15) is 0 Å². The zero-order chi connectivity index (χ0) is 15.2. The quantitative estimate of drug-likeness (QED) is 0.760. The van der Waals surface area contributed by atoms with Gasteiger partial charge in [0, 0.05) is 11.4 Å². The Balaban J connectivity index is 1.77. The summed E-state index contributed by atoms with van der Waals surface area (Å²) in [6.45, 7) is 2.01. The van der Waals surface area contributed by atoms with Gasteiger partial charge in [-0.1, -0.05) is 13.0 Å². The monoisotopic (exact) mass is 307 g/mol. The van der Waals surface area contributed by atoms with Crippen LogP contribution in [0, 0.1) is 5.92 Å². The smallest absolute Gasteiger partial charge is 0.308 e. The van der Waals surface area contributed by atoms with Gasteiger partial charge in [0.1, 0.15) is 0 Å². The molecular formula is C16H21NO3S. The highest BCUT2D eigenvalue weighted by Crippen LogP contribution is 2.27. The Hall–Kier alpha value is -1.49.